The van der Waals surface area contributed by atoms with Crippen molar-refractivity contribution >= 4 is 6.41 Å². The van der Waals surface area contributed by atoms with Crippen LogP contribution in [0.15, 0.2) is 0 Å². The molecule has 0 saturated heterocycles. The molecular weight excluding hydrogens is 234 g/mol. The van der Waals surface area contributed by atoms with E-state index in [4.69, 9.17) is 0 Å². The van der Waals surface area contributed by atoms with Gasteiger partial charge >= 0.3 is 0 Å². The number of rotatable bonds is 15. The quantitative estimate of drug-likeness (QED) is 0.326. The Balaban J connectivity index is 3.57. The number of amides is 1. The average molecular weight is 269 g/mol. The Labute approximate surface area is 120 Å². The topological polar surface area (TPSA) is 29.1 Å². The van der Waals surface area contributed by atoms with Crippen LogP contribution in [-0.2, 0) is 4.79 Å². The number of carbonyl (C=O) groups excluding carboxylic acids is 1. The van der Waals surface area contributed by atoms with E-state index in [0.29, 0.717) is 5.92 Å². The summed E-state index contributed by atoms with van der Waals surface area (Å²) < 4.78 is 0. The smallest absolute Gasteiger partial charge is 0.207 e. The predicted molar refractivity (Wildman–Crippen MR) is 84.3 cm³/mol. The molecule has 1 unspecified atom stereocenters. The van der Waals surface area contributed by atoms with Crippen LogP contribution in [0.25, 0.3) is 0 Å². The second kappa shape index (κ2) is 15.5. The summed E-state index contributed by atoms with van der Waals surface area (Å²) in [6.07, 6.45) is 16.9. The first-order valence-electron chi connectivity index (χ1n) is 8.52. The third-order valence-electron chi connectivity index (χ3n) is 3.92. The minimum Gasteiger partial charge on any atom is -0.358 e. The van der Waals surface area contributed by atoms with Crippen LogP contribution in [0, 0.1) is 5.92 Å². The monoisotopic (exact) mass is 269 g/mol. The van der Waals surface area contributed by atoms with E-state index in [-0.39, 0.29) is 0 Å². The summed E-state index contributed by atoms with van der Waals surface area (Å²) in [5.74, 6) is 0.702. The van der Waals surface area contributed by atoms with Gasteiger partial charge in [0.15, 0.2) is 0 Å². The number of nitrogens with one attached hydrogen (secondary N) is 1. The van der Waals surface area contributed by atoms with Crippen molar-refractivity contribution in [2.24, 2.45) is 5.92 Å². The van der Waals surface area contributed by atoms with Crippen molar-refractivity contribution < 1.29 is 4.79 Å². The molecule has 0 aliphatic heterocycles. The Kier molecular flexibility index (Phi) is 15.1. The van der Waals surface area contributed by atoms with Crippen LogP contribution < -0.4 is 5.32 Å². The van der Waals surface area contributed by atoms with Crippen molar-refractivity contribution in [1.82, 2.24) is 5.32 Å². The molecule has 114 valence electrons. The normalized spacial score (nSPS) is 12.3. The molecule has 1 amide bonds. The molecule has 19 heavy (non-hydrogen) atoms. The van der Waals surface area contributed by atoms with Crippen LogP contribution in [0.1, 0.15) is 90.9 Å². The lowest BCUT2D eigenvalue weighted by Gasteiger charge is -2.16. The molecule has 1 atom stereocenters. The van der Waals surface area contributed by atoms with Gasteiger partial charge in [-0.05, 0) is 18.8 Å². The van der Waals surface area contributed by atoms with Gasteiger partial charge in [-0.2, -0.15) is 0 Å². The number of hydrogen-bond donors (Lipinski definition) is 1. The first kappa shape index (κ1) is 18.5. The summed E-state index contributed by atoms with van der Waals surface area (Å²) in [6.45, 7) is 5.39. The van der Waals surface area contributed by atoms with Gasteiger partial charge in [-0.1, -0.05) is 78.1 Å². The van der Waals surface area contributed by atoms with E-state index in [1.165, 1.54) is 77.0 Å². The van der Waals surface area contributed by atoms with Crippen LogP contribution in [0.5, 0.6) is 0 Å². The maximum Gasteiger partial charge on any atom is 0.207 e. The predicted octanol–water partition coefficient (Wildman–Crippen LogP) is 5.07. The second-order valence-corrected chi connectivity index (χ2v) is 5.80. The lowest BCUT2D eigenvalue weighted by Crippen LogP contribution is -2.21. The molecule has 0 aromatic heterocycles. The van der Waals surface area contributed by atoms with Crippen LogP contribution >= 0.6 is 0 Å². The SMILES string of the molecule is CCCCCCCCC(CCCCCC)CNC=O. The maximum absolute atomic E-state index is 10.4. The van der Waals surface area contributed by atoms with Gasteiger partial charge in [-0.3, -0.25) is 4.79 Å². The summed E-state index contributed by atoms with van der Waals surface area (Å²) >= 11 is 0. The molecule has 0 aromatic carbocycles. The third kappa shape index (κ3) is 13.7. The molecule has 0 bridgehead atoms. The zero-order valence-corrected chi connectivity index (χ0v) is 13.3. The lowest BCUT2D eigenvalue weighted by atomic mass is 9.94. The van der Waals surface area contributed by atoms with Gasteiger partial charge in [-0.15, -0.1) is 0 Å². The van der Waals surface area contributed by atoms with Crippen molar-refractivity contribution in [1.29, 1.82) is 0 Å². The highest BCUT2D eigenvalue weighted by molar-refractivity contribution is 5.45. The van der Waals surface area contributed by atoms with E-state index in [2.05, 4.69) is 19.2 Å². The highest BCUT2D eigenvalue weighted by Gasteiger charge is 2.07. The molecule has 0 aliphatic carbocycles. The van der Waals surface area contributed by atoms with E-state index < -0.39 is 0 Å². The molecule has 2 heteroatoms. The van der Waals surface area contributed by atoms with Gasteiger partial charge in [0.05, 0.1) is 0 Å². The molecule has 0 spiro atoms. The van der Waals surface area contributed by atoms with Crippen LogP contribution in [-0.4, -0.2) is 13.0 Å². The summed E-state index contributed by atoms with van der Waals surface area (Å²) in [5.41, 5.74) is 0. The minimum atomic E-state index is 0.702. The molecule has 0 aliphatic rings. The second-order valence-electron chi connectivity index (χ2n) is 5.80. The fourth-order valence-corrected chi connectivity index (χ4v) is 2.64. The number of unbranched alkanes of at least 4 members (excludes halogenated alkanes) is 8. The Morgan fingerprint density at radius 3 is 1.79 bits per heavy atom. The Bertz CT molecular complexity index is 182. The van der Waals surface area contributed by atoms with Crippen molar-refractivity contribution in [3.8, 4) is 0 Å². The van der Waals surface area contributed by atoms with E-state index in [1.807, 2.05) is 0 Å². The van der Waals surface area contributed by atoms with Gasteiger partial charge in [-0.25, -0.2) is 0 Å². The molecule has 0 rings (SSSR count). The average Bonchev–Trinajstić information content (AvgIpc) is 2.43. The zero-order chi connectivity index (χ0) is 14.2. The first-order valence-corrected chi connectivity index (χ1v) is 8.52. The Hall–Kier alpha value is -0.530. The molecular formula is C17H35NO. The molecule has 0 heterocycles. The molecule has 0 radical (unpaired) electrons. The van der Waals surface area contributed by atoms with Gasteiger partial charge < -0.3 is 5.32 Å². The molecule has 0 fully saturated rings. The summed E-state index contributed by atoms with van der Waals surface area (Å²) in [6, 6.07) is 0. The standard InChI is InChI=1S/C17H35NO/c1-3-5-7-9-10-12-14-17(15-18-16-19)13-11-8-6-4-2/h16-17H,3-15H2,1-2H3,(H,18,19). The van der Waals surface area contributed by atoms with Crippen molar-refractivity contribution in [2.75, 3.05) is 6.54 Å². The van der Waals surface area contributed by atoms with Crippen molar-refractivity contribution in [3.05, 3.63) is 0 Å². The maximum atomic E-state index is 10.4. The molecule has 2 nitrogen and oxygen atoms in total. The first-order chi connectivity index (χ1) is 9.35. The van der Waals surface area contributed by atoms with Gasteiger partial charge in [0.2, 0.25) is 6.41 Å². The molecule has 1 N–H and O–H groups in total. The van der Waals surface area contributed by atoms with Crippen molar-refractivity contribution in [2.45, 2.75) is 90.9 Å². The largest absolute Gasteiger partial charge is 0.358 e. The van der Waals surface area contributed by atoms with Gasteiger partial charge in [0, 0.05) is 6.54 Å². The highest BCUT2D eigenvalue weighted by Crippen LogP contribution is 2.18. The van der Waals surface area contributed by atoms with Crippen LogP contribution in [0.2, 0.25) is 0 Å². The van der Waals surface area contributed by atoms with E-state index in [9.17, 15) is 4.79 Å². The van der Waals surface area contributed by atoms with Crippen LogP contribution in [0.3, 0.4) is 0 Å². The van der Waals surface area contributed by atoms with Gasteiger partial charge in [0.1, 0.15) is 0 Å². The molecule has 0 aromatic rings. The highest BCUT2D eigenvalue weighted by atomic mass is 16.1. The van der Waals surface area contributed by atoms with E-state index in [0.717, 1.165) is 13.0 Å². The zero-order valence-electron chi connectivity index (χ0n) is 13.3. The number of carbonyl (C=O) groups is 1. The summed E-state index contributed by atoms with van der Waals surface area (Å²) in [5, 5.41) is 2.87. The van der Waals surface area contributed by atoms with Crippen molar-refractivity contribution in [3.63, 3.8) is 0 Å². The van der Waals surface area contributed by atoms with E-state index >= 15 is 0 Å². The lowest BCUT2D eigenvalue weighted by molar-refractivity contribution is -0.109. The minimum absolute atomic E-state index is 0.702. The summed E-state index contributed by atoms with van der Waals surface area (Å²) in [4.78, 5) is 10.4. The Morgan fingerprint density at radius 1 is 0.789 bits per heavy atom. The number of hydrogen-bond acceptors (Lipinski definition) is 1. The fraction of sp³-hybridized carbons (Fsp3) is 0.941. The molecule has 0 saturated carbocycles. The van der Waals surface area contributed by atoms with Crippen LogP contribution in [0.4, 0.5) is 0 Å². The Morgan fingerprint density at radius 2 is 1.26 bits per heavy atom. The van der Waals surface area contributed by atoms with E-state index in [1.54, 1.807) is 0 Å². The van der Waals surface area contributed by atoms with Gasteiger partial charge in [0.25, 0.3) is 0 Å². The summed E-state index contributed by atoms with van der Waals surface area (Å²) in [7, 11) is 0. The third-order valence-corrected chi connectivity index (χ3v) is 3.92. The fourth-order valence-electron chi connectivity index (χ4n) is 2.64.